The molecule has 3 aromatic rings. The number of carbonyl (C=O) groups excluding carboxylic acids is 1. The fourth-order valence-corrected chi connectivity index (χ4v) is 4.28. The van der Waals surface area contributed by atoms with Crippen molar-refractivity contribution in [1.29, 1.82) is 0 Å². The van der Waals surface area contributed by atoms with Gasteiger partial charge in [-0.3, -0.25) is 14.2 Å². The number of aryl methyl sites for hydroxylation is 1. The monoisotopic (exact) mass is 421 g/mol. The van der Waals surface area contributed by atoms with Crippen LogP contribution in [0.3, 0.4) is 0 Å². The highest BCUT2D eigenvalue weighted by molar-refractivity contribution is 5.95. The van der Waals surface area contributed by atoms with E-state index in [0.717, 1.165) is 12.8 Å². The predicted octanol–water partition coefficient (Wildman–Crippen LogP) is 3.35. The van der Waals surface area contributed by atoms with Crippen molar-refractivity contribution in [2.24, 2.45) is 0 Å². The molecular formula is C23H27N5O3. The van der Waals surface area contributed by atoms with Gasteiger partial charge in [0.2, 0.25) is 0 Å². The van der Waals surface area contributed by atoms with Crippen LogP contribution in [0.1, 0.15) is 66.4 Å². The van der Waals surface area contributed by atoms with Crippen LogP contribution in [0.5, 0.6) is 5.75 Å². The number of hydrogen-bond donors (Lipinski definition) is 1. The third-order valence-corrected chi connectivity index (χ3v) is 5.93. The summed E-state index contributed by atoms with van der Waals surface area (Å²) in [6.07, 6.45) is 7.95. The Morgan fingerprint density at radius 2 is 1.97 bits per heavy atom. The van der Waals surface area contributed by atoms with Crippen LogP contribution < -0.4 is 15.6 Å². The molecule has 0 saturated heterocycles. The van der Waals surface area contributed by atoms with E-state index in [1.54, 1.807) is 44.8 Å². The lowest BCUT2D eigenvalue weighted by atomic mass is 10.1. The van der Waals surface area contributed by atoms with E-state index in [9.17, 15) is 9.59 Å². The Balaban J connectivity index is 1.64. The van der Waals surface area contributed by atoms with Gasteiger partial charge in [0.1, 0.15) is 17.6 Å². The summed E-state index contributed by atoms with van der Waals surface area (Å²) >= 11 is 0. The van der Waals surface area contributed by atoms with E-state index in [1.165, 1.54) is 17.4 Å². The number of rotatable bonds is 6. The van der Waals surface area contributed by atoms with E-state index >= 15 is 0 Å². The summed E-state index contributed by atoms with van der Waals surface area (Å²) in [6.45, 7) is 3.62. The summed E-state index contributed by atoms with van der Waals surface area (Å²) < 4.78 is 8.88. The molecule has 0 spiro atoms. The molecule has 0 bridgehead atoms. The summed E-state index contributed by atoms with van der Waals surface area (Å²) in [5.74, 6) is 0.831. The lowest BCUT2D eigenvalue weighted by Gasteiger charge is -2.19. The molecule has 1 aliphatic rings. The summed E-state index contributed by atoms with van der Waals surface area (Å²) in [5.41, 5.74) is 0.898. The van der Waals surface area contributed by atoms with Gasteiger partial charge in [-0.1, -0.05) is 25.0 Å². The highest BCUT2D eigenvalue weighted by Crippen LogP contribution is 2.31. The number of nitrogens with zero attached hydrogens (tertiary/aromatic N) is 4. The van der Waals surface area contributed by atoms with Crippen molar-refractivity contribution < 1.29 is 9.53 Å². The van der Waals surface area contributed by atoms with Crippen molar-refractivity contribution in [1.82, 2.24) is 24.6 Å². The first-order chi connectivity index (χ1) is 15.0. The number of methoxy groups -OCH3 is 1. The van der Waals surface area contributed by atoms with Gasteiger partial charge >= 0.3 is 0 Å². The standard InChI is InChI=1S/C23H27N5O3/c1-15-12-13-27(18-10-6-7-11-19(18)31-3)23(30)20(15)22(29)25-16(2)21-26-24-14-28(21)17-8-4-5-9-17/h6-7,10-14,16-17H,4-5,8-9H2,1-3H3,(H,25,29). The molecule has 1 aliphatic carbocycles. The Kier molecular flexibility index (Phi) is 5.88. The molecule has 2 aromatic heterocycles. The summed E-state index contributed by atoms with van der Waals surface area (Å²) in [4.78, 5) is 26.4. The fourth-order valence-electron chi connectivity index (χ4n) is 4.28. The van der Waals surface area contributed by atoms with Crippen LogP contribution in [0.4, 0.5) is 0 Å². The van der Waals surface area contributed by atoms with Gasteiger partial charge in [0, 0.05) is 12.2 Å². The lowest BCUT2D eigenvalue weighted by molar-refractivity contribution is 0.0934. The third kappa shape index (κ3) is 3.97. The first-order valence-corrected chi connectivity index (χ1v) is 10.6. The average Bonchev–Trinajstić information content (AvgIpc) is 3.45. The van der Waals surface area contributed by atoms with E-state index in [4.69, 9.17) is 4.74 Å². The molecule has 8 heteroatoms. The molecule has 1 amide bonds. The SMILES string of the molecule is COc1ccccc1-n1ccc(C)c(C(=O)NC(C)c2nncn2C2CCCC2)c1=O. The van der Waals surface area contributed by atoms with E-state index in [1.807, 2.05) is 19.1 Å². The molecule has 1 atom stereocenters. The number of para-hydroxylation sites is 2. The maximum Gasteiger partial charge on any atom is 0.268 e. The van der Waals surface area contributed by atoms with Gasteiger partial charge in [0.25, 0.3) is 11.5 Å². The van der Waals surface area contributed by atoms with Crippen LogP contribution in [-0.2, 0) is 0 Å². The molecule has 2 heterocycles. The number of pyridine rings is 1. The number of hydrogen-bond acceptors (Lipinski definition) is 5. The quantitative estimate of drug-likeness (QED) is 0.659. The number of nitrogens with one attached hydrogen (secondary N) is 1. The van der Waals surface area contributed by atoms with Crippen LogP contribution in [-0.4, -0.2) is 32.3 Å². The van der Waals surface area contributed by atoms with Crippen LogP contribution in [0, 0.1) is 6.92 Å². The topological polar surface area (TPSA) is 91.0 Å². The van der Waals surface area contributed by atoms with Crippen LogP contribution in [0.2, 0.25) is 0 Å². The number of amides is 1. The smallest absolute Gasteiger partial charge is 0.268 e. The molecule has 1 unspecified atom stereocenters. The molecule has 0 aliphatic heterocycles. The van der Waals surface area contributed by atoms with Crippen molar-refractivity contribution in [3.8, 4) is 11.4 Å². The molecule has 1 saturated carbocycles. The van der Waals surface area contributed by atoms with Crippen molar-refractivity contribution >= 4 is 5.91 Å². The van der Waals surface area contributed by atoms with Gasteiger partial charge in [0.05, 0.1) is 18.8 Å². The largest absolute Gasteiger partial charge is 0.495 e. The maximum absolute atomic E-state index is 13.3. The minimum absolute atomic E-state index is 0.104. The van der Waals surface area contributed by atoms with Crippen molar-refractivity contribution in [3.05, 3.63) is 70.2 Å². The second-order valence-electron chi connectivity index (χ2n) is 7.95. The van der Waals surface area contributed by atoms with Crippen molar-refractivity contribution in [2.45, 2.75) is 51.6 Å². The molecule has 1 aromatic carbocycles. The Bertz CT molecular complexity index is 1140. The zero-order valence-electron chi connectivity index (χ0n) is 18.0. The Hall–Kier alpha value is -3.42. The van der Waals surface area contributed by atoms with E-state index in [0.29, 0.717) is 28.9 Å². The summed E-state index contributed by atoms with van der Waals surface area (Å²) in [6, 6.07) is 8.96. The number of carbonyl (C=O) groups is 1. The summed E-state index contributed by atoms with van der Waals surface area (Å²) in [7, 11) is 1.55. The zero-order chi connectivity index (χ0) is 22.0. The zero-order valence-corrected chi connectivity index (χ0v) is 18.0. The second kappa shape index (κ2) is 8.75. The molecule has 0 radical (unpaired) electrons. The van der Waals surface area contributed by atoms with Crippen LogP contribution >= 0.6 is 0 Å². The summed E-state index contributed by atoms with van der Waals surface area (Å²) in [5, 5.41) is 11.2. The molecule has 1 fully saturated rings. The van der Waals surface area contributed by atoms with Gasteiger partial charge < -0.3 is 14.6 Å². The van der Waals surface area contributed by atoms with E-state index < -0.39 is 11.5 Å². The highest BCUT2D eigenvalue weighted by Gasteiger charge is 2.25. The minimum atomic E-state index is -0.430. The molecule has 1 N–H and O–H groups in total. The Labute approximate surface area is 180 Å². The van der Waals surface area contributed by atoms with E-state index in [2.05, 4.69) is 20.1 Å². The van der Waals surface area contributed by atoms with Crippen molar-refractivity contribution in [2.75, 3.05) is 7.11 Å². The molecule has 4 rings (SSSR count). The van der Waals surface area contributed by atoms with Gasteiger partial charge in [0.15, 0.2) is 5.82 Å². The Morgan fingerprint density at radius 3 is 2.71 bits per heavy atom. The van der Waals surface area contributed by atoms with Gasteiger partial charge in [-0.15, -0.1) is 10.2 Å². The van der Waals surface area contributed by atoms with Gasteiger partial charge in [-0.25, -0.2) is 0 Å². The van der Waals surface area contributed by atoms with Crippen LogP contribution in [0.15, 0.2) is 47.7 Å². The number of benzene rings is 1. The normalized spacial score (nSPS) is 15.1. The Morgan fingerprint density at radius 1 is 1.23 bits per heavy atom. The first kappa shape index (κ1) is 20.8. The van der Waals surface area contributed by atoms with Crippen molar-refractivity contribution in [3.63, 3.8) is 0 Å². The third-order valence-electron chi connectivity index (χ3n) is 5.93. The highest BCUT2D eigenvalue weighted by atomic mass is 16.5. The first-order valence-electron chi connectivity index (χ1n) is 10.6. The molecular weight excluding hydrogens is 394 g/mol. The van der Waals surface area contributed by atoms with Crippen LogP contribution in [0.25, 0.3) is 5.69 Å². The average molecular weight is 422 g/mol. The molecule has 8 nitrogen and oxygen atoms in total. The molecule has 162 valence electrons. The fraction of sp³-hybridized carbons (Fsp3) is 0.391. The lowest BCUT2D eigenvalue weighted by Crippen LogP contribution is -2.35. The molecule has 31 heavy (non-hydrogen) atoms. The second-order valence-corrected chi connectivity index (χ2v) is 7.95. The number of ether oxygens (including phenoxy) is 1. The predicted molar refractivity (Wildman–Crippen MR) is 117 cm³/mol. The number of aromatic nitrogens is 4. The van der Waals surface area contributed by atoms with E-state index in [-0.39, 0.29) is 11.6 Å². The van der Waals surface area contributed by atoms with Gasteiger partial charge in [-0.05, 0) is 50.5 Å². The maximum atomic E-state index is 13.3. The minimum Gasteiger partial charge on any atom is -0.495 e. The van der Waals surface area contributed by atoms with Gasteiger partial charge in [-0.2, -0.15) is 0 Å².